The van der Waals surface area contributed by atoms with Crippen LogP contribution in [-0.2, 0) is 0 Å². The topological polar surface area (TPSA) is 32.6 Å². The molecule has 0 fully saturated rings. The van der Waals surface area contributed by atoms with Crippen LogP contribution in [0.3, 0.4) is 0 Å². The Kier molecular flexibility index (Phi) is 2.58. The van der Waals surface area contributed by atoms with Gasteiger partial charge in [0, 0.05) is 0 Å². The van der Waals surface area contributed by atoms with Crippen LogP contribution >= 0.6 is 12.2 Å². The standard InChI is InChI=1S/C9H9NOS/c1-6-4-9(11)7(2)3-8(6)10-5-12/h3-4,11H,1-2H3. The van der Waals surface area contributed by atoms with E-state index >= 15 is 0 Å². The average Bonchev–Trinajstić information content (AvgIpc) is 2.01. The summed E-state index contributed by atoms with van der Waals surface area (Å²) in [5, 5.41) is 11.6. The maximum Gasteiger partial charge on any atom is 0.118 e. The fourth-order valence-electron chi connectivity index (χ4n) is 0.955. The number of benzene rings is 1. The molecule has 1 rings (SSSR count). The molecule has 0 bridgehead atoms. The summed E-state index contributed by atoms with van der Waals surface area (Å²) in [7, 11) is 0. The van der Waals surface area contributed by atoms with Gasteiger partial charge < -0.3 is 5.11 Å². The molecule has 3 heteroatoms. The number of isothiocyanates is 1. The molecule has 0 saturated carbocycles. The van der Waals surface area contributed by atoms with Gasteiger partial charge in [0.05, 0.1) is 10.8 Å². The Labute approximate surface area is 76.6 Å². The van der Waals surface area contributed by atoms with Crippen molar-refractivity contribution in [2.45, 2.75) is 13.8 Å². The van der Waals surface area contributed by atoms with Crippen LogP contribution in [-0.4, -0.2) is 10.3 Å². The van der Waals surface area contributed by atoms with E-state index in [1.807, 2.05) is 13.8 Å². The van der Waals surface area contributed by atoms with Gasteiger partial charge in [-0.15, -0.1) is 0 Å². The summed E-state index contributed by atoms with van der Waals surface area (Å²) in [5.74, 6) is 0.288. The van der Waals surface area contributed by atoms with Crippen LogP contribution in [0.1, 0.15) is 11.1 Å². The average molecular weight is 179 g/mol. The lowest BCUT2D eigenvalue weighted by molar-refractivity contribution is 0.471. The van der Waals surface area contributed by atoms with E-state index in [-0.39, 0.29) is 5.75 Å². The molecular formula is C9H9NOS. The molecule has 0 aromatic heterocycles. The molecule has 12 heavy (non-hydrogen) atoms. The van der Waals surface area contributed by atoms with Crippen molar-refractivity contribution in [3.8, 4) is 5.75 Å². The predicted octanol–water partition coefficient (Wildman–Crippen LogP) is 2.74. The number of aryl methyl sites for hydroxylation is 2. The van der Waals surface area contributed by atoms with Gasteiger partial charge in [0.2, 0.25) is 0 Å². The van der Waals surface area contributed by atoms with Crippen molar-refractivity contribution in [2.75, 3.05) is 0 Å². The number of phenolic OH excluding ortho intramolecular Hbond substituents is 1. The van der Waals surface area contributed by atoms with Gasteiger partial charge in [-0.1, -0.05) is 0 Å². The lowest BCUT2D eigenvalue weighted by atomic mass is 10.1. The second kappa shape index (κ2) is 3.48. The van der Waals surface area contributed by atoms with E-state index in [1.165, 1.54) is 0 Å². The Bertz CT molecular complexity index is 354. The molecule has 0 heterocycles. The van der Waals surface area contributed by atoms with Crippen molar-refractivity contribution in [1.82, 2.24) is 0 Å². The third-order valence-corrected chi connectivity index (χ3v) is 1.77. The fourth-order valence-corrected chi connectivity index (χ4v) is 1.05. The van der Waals surface area contributed by atoms with E-state index < -0.39 is 0 Å². The van der Waals surface area contributed by atoms with Crippen LogP contribution in [0.2, 0.25) is 0 Å². The molecule has 0 amide bonds. The quantitative estimate of drug-likeness (QED) is 0.531. The Hall–Kier alpha value is -1.18. The van der Waals surface area contributed by atoms with Crippen molar-refractivity contribution in [2.24, 2.45) is 4.99 Å². The second-order valence-electron chi connectivity index (χ2n) is 2.63. The van der Waals surface area contributed by atoms with Gasteiger partial charge in [-0.3, -0.25) is 0 Å². The normalized spacial score (nSPS) is 9.17. The maximum atomic E-state index is 9.30. The van der Waals surface area contributed by atoms with Crippen LogP contribution in [0.15, 0.2) is 17.1 Å². The van der Waals surface area contributed by atoms with E-state index in [0.29, 0.717) is 0 Å². The van der Waals surface area contributed by atoms with Crippen molar-refractivity contribution >= 4 is 23.1 Å². The summed E-state index contributed by atoms with van der Waals surface area (Å²) >= 11 is 4.49. The number of hydrogen-bond donors (Lipinski definition) is 1. The highest BCUT2D eigenvalue weighted by molar-refractivity contribution is 7.78. The number of phenols is 1. The molecule has 0 aliphatic carbocycles. The molecular weight excluding hydrogens is 170 g/mol. The minimum atomic E-state index is 0.288. The lowest BCUT2D eigenvalue weighted by Crippen LogP contribution is -1.78. The molecule has 0 radical (unpaired) electrons. The predicted molar refractivity (Wildman–Crippen MR) is 52.3 cm³/mol. The van der Waals surface area contributed by atoms with Gasteiger partial charge in [0.1, 0.15) is 5.75 Å². The fraction of sp³-hybridized carbons (Fsp3) is 0.222. The molecule has 0 unspecified atom stereocenters. The Morgan fingerprint density at radius 3 is 2.58 bits per heavy atom. The number of thiocarbonyl (C=S) groups is 1. The minimum absolute atomic E-state index is 0.288. The molecule has 1 aromatic carbocycles. The zero-order valence-corrected chi connectivity index (χ0v) is 7.77. The van der Waals surface area contributed by atoms with Gasteiger partial charge >= 0.3 is 0 Å². The van der Waals surface area contributed by atoms with Gasteiger partial charge in [-0.25, -0.2) is 0 Å². The first-order valence-electron chi connectivity index (χ1n) is 3.53. The largest absolute Gasteiger partial charge is 0.508 e. The number of nitrogens with zero attached hydrogens (tertiary/aromatic N) is 1. The lowest BCUT2D eigenvalue weighted by Gasteiger charge is -2.02. The SMILES string of the molecule is Cc1cc(N=C=S)c(C)cc1O. The van der Waals surface area contributed by atoms with E-state index in [2.05, 4.69) is 22.4 Å². The highest BCUT2D eigenvalue weighted by Gasteiger charge is 2.00. The zero-order valence-electron chi connectivity index (χ0n) is 6.96. The molecule has 0 saturated heterocycles. The van der Waals surface area contributed by atoms with Gasteiger partial charge in [-0.2, -0.15) is 4.99 Å². The molecule has 0 aliphatic rings. The number of aliphatic imine (C=N–C) groups is 1. The van der Waals surface area contributed by atoms with Gasteiger partial charge in [-0.05, 0) is 49.3 Å². The van der Waals surface area contributed by atoms with E-state index in [4.69, 9.17) is 0 Å². The summed E-state index contributed by atoms with van der Waals surface area (Å²) in [6, 6.07) is 3.45. The zero-order chi connectivity index (χ0) is 9.14. The van der Waals surface area contributed by atoms with Crippen LogP contribution in [0.5, 0.6) is 5.75 Å². The first-order chi connectivity index (χ1) is 5.65. The summed E-state index contributed by atoms with van der Waals surface area (Å²) in [4.78, 5) is 3.86. The molecule has 2 nitrogen and oxygen atoms in total. The van der Waals surface area contributed by atoms with Crippen LogP contribution < -0.4 is 0 Å². The molecule has 0 atom stereocenters. The first kappa shape index (κ1) is 8.91. The summed E-state index contributed by atoms with van der Waals surface area (Å²) in [5.41, 5.74) is 2.46. The van der Waals surface area contributed by atoms with Crippen LogP contribution in [0.4, 0.5) is 5.69 Å². The number of rotatable bonds is 1. The van der Waals surface area contributed by atoms with E-state index in [0.717, 1.165) is 16.8 Å². The summed E-state index contributed by atoms with van der Waals surface area (Å²) in [6.45, 7) is 3.68. The van der Waals surface area contributed by atoms with Crippen molar-refractivity contribution in [3.63, 3.8) is 0 Å². The summed E-state index contributed by atoms with van der Waals surface area (Å²) < 4.78 is 0. The monoisotopic (exact) mass is 179 g/mol. The second-order valence-corrected chi connectivity index (χ2v) is 2.81. The minimum Gasteiger partial charge on any atom is -0.508 e. The third kappa shape index (κ3) is 1.70. The van der Waals surface area contributed by atoms with Gasteiger partial charge in [0.15, 0.2) is 0 Å². The first-order valence-corrected chi connectivity index (χ1v) is 3.94. The van der Waals surface area contributed by atoms with Crippen molar-refractivity contribution in [3.05, 3.63) is 23.3 Å². The third-order valence-electron chi connectivity index (χ3n) is 1.68. The van der Waals surface area contributed by atoms with Crippen LogP contribution in [0, 0.1) is 13.8 Å². The van der Waals surface area contributed by atoms with Crippen LogP contribution in [0.25, 0.3) is 0 Å². The molecule has 0 spiro atoms. The smallest absolute Gasteiger partial charge is 0.118 e. The Morgan fingerprint density at radius 1 is 1.33 bits per heavy atom. The molecule has 1 aromatic rings. The van der Waals surface area contributed by atoms with E-state index in [9.17, 15) is 5.11 Å². The van der Waals surface area contributed by atoms with Crippen molar-refractivity contribution < 1.29 is 5.11 Å². The van der Waals surface area contributed by atoms with Gasteiger partial charge in [0.25, 0.3) is 0 Å². The highest BCUT2D eigenvalue weighted by atomic mass is 32.1. The molecule has 62 valence electrons. The maximum absolute atomic E-state index is 9.30. The Balaban J connectivity index is 3.32. The summed E-state index contributed by atoms with van der Waals surface area (Å²) in [6.07, 6.45) is 0. The van der Waals surface area contributed by atoms with E-state index in [1.54, 1.807) is 12.1 Å². The molecule has 0 aliphatic heterocycles. The van der Waals surface area contributed by atoms with Crippen molar-refractivity contribution in [1.29, 1.82) is 0 Å². The molecule has 1 N–H and O–H groups in total. The number of aromatic hydroxyl groups is 1. The number of hydrogen-bond acceptors (Lipinski definition) is 3. The highest BCUT2D eigenvalue weighted by Crippen LogP contribution is 2.26. The Morgan fingerprint density at radius 2 is 2.00 bits per heavy atom.